The summed E-state index contributed by atoms with van der Waals surface area (Å²) in [5.74, 6) is 0.639. The number of rotatable bonds is 4. The van der Waals surface area contributed by atoms with Crippen LogP contribution in [-0.2, 0) is 6.54 Å². The van der Waals surface area contributed by atoms with Crippen molar-refractivity contribution < 1.29 is 9.13 Å². The molecule has 0 atom stereocenters. The summed E-state index contributed by atoms with van der Waals surface area (Å²) in [4.78, 5) is 0. The monoisotopic (exact) mass is 343 g/mol. The van der Waals surface area contributed by atoms with Crippen molar-refractivity contribution in [1.29, 1.82) is 0 Å². The van der Waals surface area contributed by atoms with Crippen molar-refractivity contribution in [1.82, 2.24) is 5.32 Å². The maximum Gasteiger partial charge on any atom is 0.141 e. The Morgan fingerprint density at radius 1 is 1.21 bits per heavy atom. The van der Waals surface area contributed by atoms with Crippen molar-refractivity contribution in [3.63, 3.8) is 0 Å². The first-order chi connectivity index (χ1) is 9.10. The molecule has 2 nitrogen and oxygen atoms in total. The van der Waals surface area contributed by atoms with Crippen LogP contribution in [0.4, 0.5) is 4.39 Å². The van der Waals surface area contributed by atoms with Gasteiger partial charge in [-0.1, -0.05) is 17.7 Å². The summed E-state index contributed by atoms with van der Waals surface area (Å²) >= 11 is 9.22. The van der Waals surface area contributed by atoms with Crippen LogP contribution in [0.3, 0.4) is 0 Å². The predicted molar refractivity (Wildman–Crippen MR) is 78.4 cm³/mol. The van der Waals surface area contributed by atoms with Crippen LogP contribution in [0, 0.1) is 5.82 Å². The van der Waals surface area contributed by atoms with Crippen LogP contribution in [0.1, 0.15) is 5.56 Å². The molecule has 2 aromatic carbocycles. The maximum absolute atomic E-state index is 13.4. The second kappa shape index (κ2) is 6.37. The zero-order valence-corrected chi connectivity index (χ0v) is 12.6. The van der Waals surface area contributed by atoms with Gasteiger partial charge in [-0.15, -0.1) is 0 Å². The summed E-state index contributed by atoms with van der Waals surface area (Å²) in [7, 11) is 1.85. The van der Waals surface area contributed by atoms with Gasteiger partial charge in [0, 0.05) is 17.6 Å². The van der Waals surface area contributed by atoms with E-state index in [-0.39, 0.29) is 5.82 Å². The third-order valence-corrected chi connectivity index (χ3v) is 3.51. The van der Waals surface area contributed by atoms with Crippen LogP contribution < -0.4 is 10.1 Å². The minimum atomic E-state index is -0.365. The Morgan fingerprint density at radius 3 is 2.53 bits per heavy atom. The lowest BCUT2D eigenvalue weighted by Crippen LogP contribution is -2.05. The normalized spacial score (nSPS) is 10.5. The molecule has 0 radical (unpaired) electrons. The summed E-state index contributed by atoms with van der Waals surface area (Å²) in [6, 6.07) is 10.00. The second-order valence-electron chi connectivity index (χ2n) is 3.96. The van der Waals surface area contributed by atoms with E-state index < -0.39 is 0 Å². The van der Waals surface area contributed by atoms with E-state index in [0.29, 0.717) is 27.5 Å². The smallest absolute Gasteiger partial charge is 0.141 e. The van der Waals surface area contributed by atoms with Gasteiger partial charge in [-0.3, -0.25) is 0 Å². The highest BCUT2D eigenvalue weighted by atomic mass is 79.9. The number of hydrogen-bond donors (Lipinski definition) is 1. The fourth-order valence-electron chi connectivity index (χ4n) is 1.60. The molecule has 0 spiro atoms. The van der Waals surface area contributed by atoms with Gasteiger partial charge in [-0.2, -0.15) is 0 Å². The van der Waals surface area contributed by atoms with Crippen molar-refractivity contribution in [2.24, 2.45) is 0 Å². The Balaban J connectivity index is 2.19. The Labute approximate surface area is 124 Å². The first-order valence-electron chi connectivity index (χ1n) is 5.66. The second-order valence-corrected chi connectivity index (χ2v) is 5.22. The minimum Gasteiger partial charge on any atom is -0.457 e. The van der Waals surface area contributed by atoms with Crippen LogP contribution in [0.15, 0.2) is 40.9 Å². The Bertz CT molecular complexity index is 592. The van der Waals surface area contributed by atoms with Crippen molar-refractivity contribution in [2.75, 3.05) is 7.05 Å². The Kier molecular flexibility index (Phi) is 4.80. The van der Waals surface area contributed by atoms with Gasteiger partial charge < -0.3 is 10.1 Å². The van der Waals surface area contributed by atoms with Crippen LogP contribution in [0.2, 0.25) is 5.02 Å². The SMILES string of the molecule is CNCc1ccc(Oc2ccc(Br)c(F)c2)cc1Cl. The molecule has 100 valence electrons. The summed E-state index contributed by atoms with van der Waals surface area (Å²) < 4.78 is 19.3. The molecule has 0 amide bonds. The lowest BCUT2D eigenvalue weighted by molar-refractivity contribution is 0.476. The molecule has 0 unspecified atom stereocenters. The van der Waals surface area contributed by atoms with E-state index in [1.54, 1.807) is 24.3 Å². The molecule has 0 aliphatic rings. The predicted octanol–water partition coefficient (Wildman–Crippen LogP) is 4.75. The summed E-state index contributed by atoms with van der Waals surface area (Å²) in [6.45, 7) is 0.687. The molecule has 0 aromatic heterocycles. The number of hydrogen-bond acceptors (Lipinski definition) is 2. The lowest BCUT2D eigenvalue weighted by Gasteiger charge is -2.09. The minimum absolute atomic E-state index is 0.365. The average Bonchev–Trinajstić information content (AvgIpc) is 2.37. The molecule has 0 aliphatic heterocycles. The lowest BCUT2D eigenvalue weighted by atomic mass is 10.2. The standard InChI is InChI=1S/C14H12BrClFNO/c1-18-8-9-2-3-10(6-13(9)16)19-11-4-5-12(15)14(17)7-11/h2-7,18H,8H2,1H3. The molecule has 0 heterocycles. The molecule has 0 aliphatic carbocycles. The fourth-order valence-corrected chi connectivity index (χ4v) is 2.09. The van der Waals surface area contributed by atoms with Gasteiger partial charge >= 0.3 is 0 Å². The van der Waals surface area contributed by atoms with E-state index in [2.05, 4.69) is 21.2 Å². The third-order valence-electron chi connectivity index (χ3n) is 2.52. The summed E-state index contributed by atoms with van der Waals surface area (Å²) in [5.41, 5.74) is 0.985. The first kappa shape index (κ1) is 14.3. The molecular formula is C14H12BrClFNO. The summed E-state index contributed by atoms with van der Waals surface area (Å²) in [5, 5.41) is 3.64. The van der Waals surface area contributed by atoms with E-state index >= 15 is 0 Å². The van der Waals surface area contributed by atoms with Crippen LogP contribution in [-0.4, -0.2) is 7.05 Å². The largest absolute Gasteiger partial charge is 0.457 e. The van der Waals surface area contributed by atoms with Crippen LogP contribution in [0.5, 0.6) is 11.5 Å². The van der Waals surface area contributed by atoms with Crippen molar-refractivity contribution >= 4 is 27.5 Å². The van der Waals surface area contributed by atoms with E-state index in [1.165, 1.54) is 6.07 Å². The molecule has 5 heteroatoms. The number of benzene rings is 2. The van der Waals surface area contributed by atoms with Gasteiger partial charge in [0.25, 0.3) is 0 Å². The number of ether oxygens (including phenoxy) is 1. The van der Waals surface area contributed by atoms with E-state index in [4.69, 9.17) is 16.3 Å². The Morgan fingerprint density at radius 2 is 1.89 bits per heavy atom. The molecule has 19 heavy (non-hydrogen) atoms. The van der Waals surface area contributed by atoms with Gasteiger partial charge in [-0.25, -0.2) is 4.39 Å². The highest BCUT2D eigenvalue weighted by Gasteiger charge is 2.05. The topological polar surface area (TPSA) is 21.3 Å². The maximum atomic E-state index is 13.4. The molecule has 2 aromatic rings. The molecule has 0 saturated carbocycles. The van der Waals surface area contributed by atoms with Gasteiger partial charge in [-0.05, 0) is 52.8 Å². The van der Waals surface area contributed by atoms with Gasteiger partial charge in [0.1, 0.15) is 17.3 Å². The van der Waals surface area contributed by atoms with Gasteiger partial charge in [0.05, 0.1) is 4.47 Å². The first-order valence-corrected chi connectivity index (χ1v) is 6.83. The Hall–Kier alpha value is -1.10. The van der Waals surface area contributed by atoms with Crippen molar-refractivity contribution in [3.8, 4) is 11.5 Å². The number of halogens is 3. The molecular weight excluding hydrogens is 333 g/mol. The van der Waals surface area contributed by atoms with Crippen molar-refractivity contribution in [2.45, 2.75) is 6.54 Å². The fraction of sp³-hybridized carbons (Fsp3) is 0.143. The van der Waals surface area contributed by atoms with E-state index in [0.717, 1.165) is 5.56 Å². The average molecular weight is 345 g/mol. The molecule has 2 rings (SSSR count). The van der Waals surface area contributed by atoms with Crippen LogP contribution >= 0.6 is 27.5 Å². The molecule has 1 N–H and O–H groups in total. The number of nitrogens with one attached hydrogen (secondary N) is 1. The zero-order chi connectivity index (χ0) is 13.8. The van der Waals surface area contributed by atoms with Crippen LogP contribution in [0.25, 0.3) is 0 Å². The van der Waals surface area contributed by atoms with E-state index in [1.807, 2.05) is 13.1 Å². The van der Waals surface area contributed by atoms with Crippen molar-refractivity contribution in [3.05, 3.63) is 57.3 Å². The molecule has 0 saturated heterocycles. The van der Waals surface area contributed by atoms with Gasteiger partial charge in [0.15, 0.2) is 0 Å². The zero-order valence-electron chi connectivity index (χ0n) is 10.2. The quantitative estimate of drug-likeness (QED) is 0.864. The molecule has 0 fully saturated rings. The summed E-state index contributed by atoms with van der Waals surface area (Å²) in [6.07, 6.45) is 0. The third kappa shape index (κ3) is 3.69. The van der Waals surface area contributed by atoms with Gasteiger partial charge in [0.2, 0.25) is 0 Å². The highest BCUT2D eigenvalue weighted by Crippen LogP contribution is 2.28. The highest BCUT2D eigenvalue weighted by molar-refractivity contribution is 9.10. The van der Waals surface area contributed by atoms with E-state index in [9.17, 15) is 4.39 Å². The molecule has 0 bridgehead atoms.